The molecule has 6 heteroatoms. The van der Waals surface area contributed by atoms with Crippen LogP contribution in [0.3, 0.4) is 0 Å². The summed E-state index contributed by atoms with van der Waals surface area (Å²) in [7, 11) is 3.21. The van der Waals surface area contributed by atoms with Crippen molar-refractivity contribution >= 4 is 39.9 Å². The summed E-state index contributed by atoms with van der Waals surface area (Å²) in [6, 6.07) is 16.9. The molecule has 31 heavy (non-hydrogen) atoms. The first-order valence-corrected chi connectivity index (χ1v) is 10.4. The lowest BCUT2D eigenvalue weighted by Crippen LogP contribution is -2.05. The Balaban J connectivity index is 2.02. The van der Waals surface area contributed by atoms with Crippen molar-refractivity contribution in [2.24, 2.45) is 4.99 Å². The van der Waals surface area contributed by atoms with Gasteiger partial charge in [0.05, 0.1) is 25.3 Å². The average Bonchev–Trinajstić information content (AvgIpc) is 2.71. The van der Waals surface area contributed by atoms with Gasteiger partial charge in [0.2, 0.25) is 0 Å². The number of hydrogen-bond acceptors (Lipinski definition) is 4. The quantitative estimate of drug-likeness (QED) is 0.326. The van der Waals surface area contributed by atoms with E-state index >= 15 is 0 Å². The highest BCUT2D eigenvalue weighted by Crippen LogP contribution is 2.33. The molecule has 0 unspecified atom stereocenters. The molecule has 0 radical (unpaired) electrons. The number of benzene rings is 3. The molecular formula is C25H21Cl2NO3. The van der Waals surface area contributed by atoms with Gasteiger partial charge in [-0.15, -0.1) is 0 Å². The summed E-state index contributed by atoms with van der Waals surface area (Å²) in [4.78, 5) is 4.86. The monoisotopic (exact) mass is 453 g/mol. The fourth-order valence-corrected chi connectivity index (χ4v) is 4.16. The summed E-state index contributed by atoms with van der Waals surface area (Å²) in [6.07, 6.45) is 0. The van der Waals surface area contributed by atoms with E-state index < -0.39 is 0 Å². The Bertz CT molecular complexity index is 1340. The van der Waals surface area contributed by atoms with Crippen molar-refractivity contribution in [2.75, 3.05) is 14.2 Å². The molecule has 158 valence electrons. The van der Waals surface area contributed by atoms with Gasteiger partial charge in [-0.2, -0.15) is 0 Å². The van der Waals surface area contributed by atoms with Crippen molar-refractivity contribution in [1.82, 2.24) is 0 Å². The lowest BCUT2D eigenvalue weighted by molar-refractivity contribution is 0.355. The topological polar surface area (TPSA) is 44.0 Å². The van der Waals surface area contributed by atoms with E-state index in [1.807, 2.05) is 44.2 Å². The summed E-state index contributed by atoms with van der Waals surface area (Å²) in [6.45, 7) is 4.09. The second-order valence-corrected chi connectivity index (χ2v) is 8.13. The van der Waals surface area contributed by atoms with E-state index in [4.69, 9.17) is 42.1 Å². The molecule has 0 amide bonds. The second-order valence-electron chi connectivity index (χ2n) is 7.26. The van der Waals surface area contributed by atoms with Gasteiger partial charge in [-0.3, -0.25) is 0 Å². The molecule has 0 saturated heterocycles. The predicted molar refractivity (Wildman–Crippen MR) is 126 cm³/mol. The number of fused-ring (bicyclic) bond motifs is 1. The molecule has 0 fully saturated rings. The molecule has 1 aromatic heterocycles. The van der Waals surface area contributed by atoms with Crippen molar-refractivity contribution in [3.8, 4) is 22.8 Å². The average molecular weight is 454 g/mol. The molecule has 4 aromatic rings. The zero-order valence-electron chi connectivity index (χ0n) is 17.6. The SMILES string of the molecule is COc1ccc(-c2cc(=Nc3cc(Cl)cc(Cl)c3)c3c(C)cc(C)cc3o2)cc1OC. The van der Waals surface area contributed by atoms with Crippen LogP contribution in [0.15, 0.2) is 64.0 Å². The van der Waals surface area contributed by atoms with Crippen LogP contribution in [0.2, 0.25) is 10.0 Å². The Hall–Kier alpha value is -2.95. The van der Waals surface area contributed by atoms with Gasteiger partial charge in [0, 0.05) is 27.1 Å². The van der Waals surface area contributed by atoms with Crippen LogP contribution in [0.5, 0.6) is 11.5 Å². The van der Waals surface area contributed by atoms with Crippen LogP contribution in [0.25, 0.3) is 22.3 Å². The first-order valence-electron chi connectivity index (χ1n) is 9.66. The van der Waals surface area contributed by atoms with Gasteiger partial charge in [0.1, 0.15) is 11.3 Å². The molecule has 1 heterocycles. The summed E-state index contributed by atoms with van der Waals surface area (Å²) in [5.41, 5.74) is 4.44. The smallest absolute Gasteiger partial charge is 0.161 e. The minimum Gasteiger partial charge on any atom is -0.493 e. The number of nitrogens with zero attached hydrogens (tertiary/aromatic N) is 1. The molecule has 3 aromatic carbocycles. The van der Waals surface area contributed by atoms with Crippen molar-refractivity contribution in [3.63, 3.8) is 0 Å². The summed E-state index contributed by atoms with van der Waals surface area (Å²) >= 11 is 12.4. The van der Waals surface area contributed by atoms with Crippen LogP contribution in [0.4, 0.5) is 5.69 Å². The standard InChI is InChI=1S/C25H21Cl2NO3/c1-14-7-15(2)25-20(28-19-11-17(26)10-18(27)12-19)13-22(31-24(25)8-14)16-5-6-21(29-3)23(9-16)30-4/h5-13H,1-4H3. The molecule has 0 atom stereocenters. The molecule has 0 aliphatic carbocycles. The van der Waals surface area contributed by atoms with Crippen LogP contribution in [0.1, 0.15) is 11.1 Å². The van der Waals surface area contributed by atoms with Gasteiger partial charge < -0.3 is 13.9 Å². The number of halogens is 2. The van der Waals surface area contributed by atoms with Gasteiger partial charge >= 0.3 is 0 Å². The lowest BCUT2D eigenvalue weighted by atomic mass is 10.0. The minimum atomic E-state index is 0.531. The highest BCUT2D eigenvalue weighted by atomic mass is 35.5. The summed E-state index contributed by atoms with van der Waals surface area (Å²) < 4.78 is 17.1. The highest BCUT2D eigenvalue weighted by molar-refractivity contribution is 6.35. The van der Waals surface area contributed by atoms with Gasteiger partial charge in [-0.05, 0) is 67.4 Å². The molecule has 0 aliphatic heterocycles. The summed E-state index contributed by atoms with van der Waals surface area (Å²) in [5, 5.41) is 2.76. The third-order valence-electron chi connectivity index (χ3n) is 4.95. The van der Waals surface area contributed by atoms with Crippen LogP contribution >= 0.6 is 23.2 Å². The zero-order chi connectivity index (χ0) is 22.1. The van der Waals surface area contributed by atoms with Gasteiger partial charge in [0.15, 0.2) is 11.5 Å². The first-order chi connectivity index (χ1) is 14.9. The van der Waals surface area contributed by atoms with E-state index in [1.54, 1.807) is 32.4 Å². The Morgan fingerprint density at radius 3 is 2.19 bits per heavy atom. The number of ether oxygens (including phenoxy) is 2. The third-order valence-corrected chi connectivity index (χ3v) is 5.39. The fraction of sp³-hybridized carbons (Fsp3) is 0.160. The van der Waals surface area contributed by atoms with Crippen LogP contribution in [0, 0.1) is 13.8 Å². The van der Waals surface area contributed by atoms with Crippen LogP contribution in [-0.2, 0) is 0 Å². The second kappa shape index (κ2) is 8.66. The van der Waals surface area contributed by atoms with Crippen LogP contribution in [-0.4, -0.2) is 14.2 Å². The molecular weight excluding hydrogens is 433 g/mol. The van der Waals surface area contributed by atoms with E-state index in [2.05, 4.69) is 6.07 Å². The van der Waals surface area contributed by atoms with Crippen molar-refractivity contribution < 1.29 is 13.9 Å². The van der Waals surface area contributed by atoms with E-state index in [9.17, 15) is 0 Å². The van der Waals surface area contributed by atoms with Gasteiger partial charge in [-0.1, -0.05) is 29.3 Å². The minimum absolute atomic E-state index is 0.531. The first kappa shape index (κ1) is 21.3. The third kappa shape index (κ3) is 4.41. The van der Waals surface area contributed by atoms with Crippen molar-refractivity contribution in [3.05, 3.63) is 81.1 Å². The molecule has 0 N–H and O–H groups in total. The Labute approximate surface area is 190 Å². The Morgan fingerprint density at radius 1 is 0.806 bits per heavy atom. The highest BCUT2D eigenvalue weighted by Gasteiger charge is 2.12. The molecule has 0 bridgehead atoms. The maximum Gasteiger partial charge on any atom is 0.161 e. The van der Waals surface area contributed by atoms with E-state index in [0.29, 0.717) is 33.0 Å². The number of rotatable bonds is 4. The zero-order valence-corrected chi connectivity index (χ0v) is 19.1. The predicted octanol–water partition coefficient (Wildman–Crippen LogP) is 7.27. The molecule has 0 aliphatic rings. The largest absolute Gasteiger partial charge is 0.493 e. The lowest BCUT2D eigenvalue weighted by Gasteiger charge is -2.11. The summed E-state index contributed by atoms with van der Waals surface area (Å²) in [5.74, 6) is 1.93. The normalized spacial score (nSPS) is 11.7. The van der Waals surface area contributed by atoms with Crippen molar-refractivity contribution in [1.29, 1.82) is 0 Å². The molecule has 0 saturated carbocycles. The number of aryl methyl sites for hydroxylation is 2. The molecule has 4 nitrogen and oxygen atoms in total. The van der Waals surface area contributed by atoms with E-state index in [1.165, 1.54) is 0 Å². The van der Waals surface area contributed by atoms with Crippen LogP contribution < -0.4 is 14.8 Å². The number of methoxy groups -OCH3 is 2. The maximum absolute atomic E-state index is 6.30. The van der Waals surface area contributed by atoms with Gasteiger partial charge in [-0.25, -0.2) is 4.99 Å². The fourth-order valence-electron chi connectivity index (χ4n) is 3.64. The maximum atomic E-state index is 6.30. The molecule has 4 rings (SSSR count). The van der Waals surface area contributed by atoms with E-state index in [0.717, 1.165) is 33.0 Å². The van der Waals surface area contributed by atoms with Gasteiger partial charge in [0.25, 0.3) is 0 Å². The Morgan fingerprint density at radius 2 is 1.52 bits per heavy atom. The number of hydrogen-bond donors (Lipinski definition) is 0. The Kier molecular flexibility index (Phi) is 5.94. The van der Waals surface area contributed by atoms with Crippen molar-refractivity contribution in [2.45, 2.75) is 13.8 Å². The van der Waals surface area contributed by atoms with E-state index in [-0.39, 0.29) is 0 Å². The molecule has 0 spiro atoms.